The van der Waals surface area contributed by atoms with Gasteiger partial charge in [0.2, 0.25) is 0 Å². The van der Waals surface area contributed by atoms with Gasteiger partial charge in [-0.05, 0) is 36.8 Å². The molecule has 0 radical (unpaired) electrons. The quantitative estimate of drug-likeness (QED) is 0.773. The van der Waals surface area contributed by atoms with E-state index in [9.17, 15) is 0 Å². The van der Waals surface area contributed by atoms with Crippen molar-refractivity contribution in [1.29, 1.82) is 0 Å². The molecular weight excluding hydrogens is 302 g/mol. The lowest BCUT2D eigenvalue weighted by molar-refractivity contribution is 0.416. The molecule has 0 amide bonds. The second kappa shape index (κ2) is 6.95. The molecule has 6 heteroatoms. The number of nitrogens with zero attached hydrogens (tertiary/aromatic N) is 4. The van der Waals surface area contributed by atoms with Gasteiger partial charge in [0, 0.05) is 12.7 Å². The van der Waals surface area contributed by atoms with Crippen LogP contribution in [0.3, 0.4) is 0 Å². The Hall–Kier alpha value is -3.15. The fourth-order valence-electron chi connectivity index (χ4n) is 2.32. The number of aromatic nitrogens is 3. The summed E-state index contributed by atoms with van der Waals surface area (Å²) < 4.78 is 5.38. The highest BCUT2D eigenvalue weighted by Gasteiger charge is 2.10. The fraction of sp³-hybridized carbons (Fsp3) is 0.167. The number of rotatable bonds is 5. The van der Waals surface area contributed by atoms with Gasteiger partial charge in [-0.1, -0.05) is 24.3 Å². The van der Waals surface area contributed by atoms with Crippen molar-refractivity contribution in [2.75, 3.05) is 24.4 Å². The first kappa shape index (κ1) is 15.7. The zero-order chi connectivity index (χ0) is 16.9. The number of nitrogens with one attached hydrogen (secondary N) is 1. The summed E-state index contributed by atoms with van der Waals surface area (Å²) in [6, 6.07) is 15.8. The third kappa shape index (κ3) is 3.43. The van der Waals surface area contributed by atoms with E-state index in [1.807, 2.05) is 67.4 Å². The molecule has 3 aromatic rings. The van der Waals surface area contributed by atoms with E-state index in [0.29, 0.717) is 11.8 Å². The molecule has 0 aliphatic heterocycles. The van der Waals surface area contributed by atoms with Crippen LogP contribution >= 0.6 is 0 Å². The molecule has 0 atom stereocenters. The van der Waals surface area contributed by atoms with E-state index in [0.717, 1.165) is 22.7 Å². The molecule has 3 rings (SSSR count). The Kier molecular flexibility index (Phi) is 4.56. The van der Waals surface area contributed by atoms with Gasteiger partial charge in [-0.3, -0.25) is 0 Å². The lowest BCUT2D eigenvalue weighted by Gasteiger charge is -2.17. The highest BCUT2D eigenvalue weighted by molar-refractivity contribution is 5.66. The Bertz CT molecular complexity index is 823. The first-order valence-corrected chi connectivity index (χ1v) is 7.57. The van der Waals surface area contributed by atoms with E-state index < -0.39 is 0 Å². The maximum absolute atomic E-state index is 5.38. The summed E-state index contributed by atoms with van der Waals surface area (Å²) >= 11 is 0. The van der Waals surface area contributed by atoms with Crippen LogP contribution in [0.2, 0.25) is 0 Å². The van der Waals surface area contributed by atoms with Crippen LogP contribution in [-0.4, -0.2) is 29.3 Å². The Balaban J connectivity index is 1.87. The Morgan fingerprint density at radius 3 is 2.62 bits per heavy atom. The van der Waals surface area contributed by atoms with E-state index in [-0.39, 0.29) is 0 Å². The highest BCUT2D eigenvalue weighted by Crippen LogP contribution is 2.28. The summed E-state index contributed by atoms with van der Waals surface area (Å²) in [5.74, 6) is 1.86. The number of aryl methyl sites for hydroxylation is 1. The zero-order valence-electron chi connectivity index (χ0n) is 13.9. The van der Waals surface area contributed by atoms with Gasteiger partial charge in [0.1, 0.15) is 5.75 Å². The lowest BCUT2D eigenvalue weighted by atomic mass is 10.2. The average Bonchev–Trinajstić information content (AvgIpc) is 2.62. The van der Waals surface area contributed by atoms with Crippen molar-refractivity contribution >= 4 is 23.1 Å². The molecule has 0 unspecified atom stereocenters. The van der Waals surface area contributed by atoms with Crippen LogP contribution in [0.1, 0.15) is 5.56 Å². The number of hydrogen-bond acceptors (Lipinski definition) is 6. The number of benzene rings is 2. The summed E-state index contributed by atoms with van der Waals surface area (Å²) in [4.78, 5) is 6.42. The van der Waals surface area contributed by atoms with Crippen LogP contribution in [0, 0.1) is 6.92 Å². The molecule has 0 spiro atoms. The van der Waals surface area contributed by atoms with E-state index in [2.05, 4.69) is 20.5 Å². The second-order valence-electron chi connectivity index (χ2n) is 5.36. The van der Waals surface area contributed by atoms with Crippen molar-refractivity contribution in [3.8, 4) is 5.75 Å². The van der Waals surface area contributed by atoms with Gasteiger partial charge in [-0.25, -0.2) is 0 Å². The molecule has 0 bridgehead atoms. The van der Waals surface area contributed by atoms with Gasteiger partial charge in [0.05, 0.1) is 19.0 Å². The van der Waals surface area contributed by atoms with Crippen molar-refractivity contribution in [1.82, 2.24) is 15.2 Å². The van der Waals surface area contributed by atoms with E-state index in [1.165, 1.54) is 0 Å². The maximum Gasteiger partial charge on any atom is 0.251 e. The monoisotopic (exact) mass is 321 g/mol. The Labute approximate surface area is 141 Å². The van der Waals surface area contributed by atoms with Crippen molar-refractivity contribution in [2.45, 2.75) is 6.92 Å². The Morgan fingerprint density at radius 1 is 1.08 bits per heavy atom. The molecule has 0 aliphatic rings. The molecular formula is C18H19N5O. The van der Waals surface area contributed by atoms with Crippen LogP contribution in [0.25, 0.3) is 0 Å². The molecule has 1 N–H and O–H groups in total. The van der Waals surface area contributed by atoms with E-state index >= 15 is 0 Å². The summed E-state index contributed by atoms with van der Waals surface area (Å²) in [5.41, 5.74) is 2.96. The van der Waals surface area contributed by atoms with Crippen LogP contribution in [0.4, 0.5) is 23.1 Å². The van der Waals surface area contributed by atoms with Gasteiger partial charge >= 0.3 is 0 Å². The number of hydrogen-bond donors (Lipinski definition) is 1. The molecule has 2 aromatic carbocycles. The molecule has 0 fully saturated rings. The Morgan fingerprint density at radius 2 is 1.88 bits per heavy atom. The minimum absolute atomic E-state index is 0.512. The maximum atomic E-state index is 5.38. The summed E-state index contributed by atoms with van der Waals surface area (Å²) in [6.45, 7) is 2.03. The summed E-state index contributed by atoms with van der Waals surface area (Å²) in [5, 5.41) is 11.4. The predicted octanol–water partition coefficient (Wildman–Crippen LogP) is 3.70. The SMILES string of the molecule is COc1ccc(C)cc1Nc1cnnc(N(C)c2ccccc2)n1. The minimum Gasteiger partial charge on any atom is -0.495 e. The van der Waals surface area contributed by atoms with Gasteiger partial charge in [0.25, 0.3) is 5.95 Å². The smallest absolute Gasteiger partial charge is 0.251 e. The molecule has 0 saturated carbocycles. The molecule has 1 aromatic heterocycles. The van der Waals surface area contributed by atoms with Gasteiger partial charge in [-0.2, -0.15) is 10.1 Å². The van der Waals surface area contributed by atoms with Gasteiger partial charge < -0.3 is 15.0 Å². The van der Waals surface area contributed by atoms with Gasteiger partial charge in [0.15, 0.2) is 5.82 Å². The first-order valence-electron chi connectivity index (χ1n) is 7.57. The molecule has 0 saturated heterocycles. The van der Waals surface area contributed by atoms with E-state index in [4.69, 9.17) is 4.74 Å². The average molecular weight is 321 g/mol. The topological polar surface area (TPSA) is 63.2 Å². The number of anilines is 4. The van der Waals surface area contributed by atoms with E-state index in [1.54, 1.807) is 13.3 Å². The fourth-order valence-corrected chi connectivity index (χ4v) is 2.32. The summed E-state index contributed by atoms with van der Waals surface area (Å²) in [6.07, 6.45) is 1.59. The number of methoxy groups -OCH3 is 1. The normalized spacial score (nSPS) is 10.3. The largest absolute Gasteiger partial charge is 0.495 e. The van der Waals surface area contributed by atoms with Crippen LogP contribution in [0.5, 0.6) is 5.75 Å². The van der Waals surface area contributed by atoms with Crippen LogP contribution < -0.4 is 15.0 Å². The minimum atomic E-state index is 0.512. The molecule has 0 aliphatic carbocycles. The zero-order valence-corrected chi connectivity index (χ0v) is 13.9. The predicted molar refractivity (Wildman–Crippen MR) is 95.3 cm³/mol. The van der Waals surface area contributed by atoms with Crippen molar-refractivity contribution in [3.63, 3.8) is 0 Å². The standard InChI is InChI=1S/C18H19N5O/c1-13-9-10-16(24-3)15(11-13)20-17-12-19-22-18(21-17)23(2)14-7-5-4-6-8-14/h4-12H,1-3H3,(H,20,21,22). The number of para-hydroxylation sites is 1. The molecule has 1 heterocycles. The van der Waals surface area contributed by atoms with Gasteiger partial charge in [-0.15, -0.1) is 5.10 Å². The third-order valence-electron chi connectivity index (χ3n) is 3.61. The molecule has 122 valence electrons. The van der Waals surface area contributed by atoms with Crippen molar-refractivity contribution in [2.24, 2.45) is 0 Å². The third-order valence-corrected chi connectivity index (χ3v) is 3.61. The number of ether oxygens (including phenoxy) is 1. The van der Waals surface area contributed by atoms with Crippen molar-refractivity contribution in [3.05, 3.63) is 60.3 Å². The van der Waals surface area contributed by atoms with Crippen LogP contribution in [0.15, 0.2) is 54.7 Å². The van der Waals surface area contributed by atoms with Crippen molar-refractivity contribution < 1.29 is 4.74 Å². The second-order valence-corrected chi connectivity index (χ2v) is 5.36. The van der Waals surface area contributed by atoms with Crippen LogP contribution in [-0.2, 0) is 0 Å². The summed E-state index contributed by atoms with van der Waals surface area (Å²) in [7, 11) is 3.55. The molecule has 24 heavy (non-hydrogen) atoms. The lowest BCUT2D eigenvalue weighted by Crippen LogP contribution is -2.14. The highest BCUT2D eigenvalue weighted by atomic mass is 16.5. The first-order chi connectivity index (χ1) is 11.7. The molecule has 6 nitrogen and oxygen atoms in total.